The maximum Gasteiger partial charge on any atom is 0.231 e. The van der Waals surface area contributed by atoms with Crippen LogP contribution in [0.2, 0.25) is 0 Å². The summed E-state index contributed by atoms with van der Waals surface area (Å²) in [4.78, 5) is 14.7. The van der Waals surface area contributed by atoms with Crippen molar-refractivity contribution < 1.29 is 14.3 Å². The molecule has 2 aromatic carbocycles. The maximum atomic E-state index is 12.8. The van der Waals surface area contributed by atoms with Crippen molar-refractivity contribution in [2.24, 2.45) is 0 Å². The van der Waals surface area contributed by atoms with Gasteiger partial charge in [-0.05, 0) is 37.1 Å². The van der Waals surface area contributed by atoms with Gasteiger partial charge < -0.3 is 14.4 Å². The van der Waals surface area contributed by atoms with Gasteiger partial charge in [-0.1, -0.05) is 30.3 Å². The SMILES string of the molecule is CCOc1ccc(CC(=O)N2CCC(OC)c3ccccc32)cc1. The van der Waals surface area contributed by atoms with E-state index >= 15 is 0 Å². The van der Waals surface area contributed by atoms with Crippen LogP contribution in [0, 0.1) is 0 Å². The van der Waals surface area contributed by atoms with Gasteiger partial charge in [0.1, 0.15) is 5.75 Å². The van der Waals surface area contributed by atoms with E-state index in [1.54, 1.807) is 7.11 Å². The van der Waals surface area contributed by atoms with Crippen LogP contribution < -0.4 is 9.64 Å². The second-order valence-electron chi connectivity index (χ2n) is 5.87. The Labute approximate surface area is 143 Å². The molecule has 0 bridgehead atoms. The Morgan fingerprint density at radius 1 is 1.17 bits per heavy atom. The minimum atomic E-state index is 0.0655. The van der Waals surface area contributed by atoms with Crippen molar-refractivity contribution in [1.29, 1.82) is 0 Å². The van der Waals surface area contributed by atoms with E-state index in [2.05, 4.69) is 0 Å². The summed E-state index contributed by atoms with van der Waals surface area (Å²) in [5.74, 6) is 0.945. The highest BCUT2D eigenvalue weighted by molar-refractivity contribution is 5.96. The number of fused-ring (bicyclic) bond motifs is 1. The van der Waals surface area contributed by atoms with E-state index < -0.39 is 0 Å². The topological polar surface area (TPSA) is 38.8 Å². The summed E-state index contributed by atoms with van der Waals surface area (Å²) >= 11 is 0. The number of carbonyl (C=O) groups is 1. The first kappa shape index (κ1) is 16.5. The Morgan fingerprint density at radius 3 is 2.62 bits per heavy atom. The third-order valence-corrected chi connectivity index (χ3v) is 4.36. The van der Waals surface area contributed by atoms with Crippen LogP contribution >= 0.6 is 0 Å². The Hall–Kier alpha value is -2.33. The van der Waals surface area contributed by atoms with Crippen molar-refractivity contribution in [3.05, 3.63) is 59.7 Å². The lowest BCUT2D eigenvalue weighted by Crippen LogP contribution is -2.38. The van der Waals surface area contributed by atoms with Gasteiger partial charge in [0, 0.05) is 24.9 Å². The van der Waals surface area contributed by atoms with Gasteiger partial charge in [0.2, 0.25) is 5.91 Å². The number of hydrogen-bond donors (Lipinski definition) is 0. The molecule has 0 aliphatic carbocycles. The first-order chi connectivity index (χ1) is 11.7. The van der Waals surface area contributed by atoms with E-state index in [0.717, 1.165) is 29.0 Å². The largest absolute Gasteiger partial charge is 0.494 e. The average Bonchev–Trinajstić information content (AvgIpc) is 2.62. The number of hydrogen-bond acceptors (Lipinski definition) is 3. The fourth-order valence-electron chi connectivity index (χ4n) is 3.17. The lowest BCUT2D eigenvalue weighted by molar-refractivity contribution is -0.118. The second-order valence-corrected chi connectivity index (χ2v) is 5.87. The number of anilines is 1. The van der Waals surface area contributed by atoms with E-state index in [9.17, 15) is 4.79 Å². The van der Waals surface area contributed by atoms with E-state index in [1.165, 1.54) is 0 Å². The molecule has 24 heavy (non-hydrogen) atoms. The summed E-state index contributed by atoms with van der Waals surface area (Å²) in [5, 5.41) is 0. The Balaban J connectivity index is 1.75. The molecule has 1 unspecified atom stereocenters. The lowest BCUT2D eigenvalue weighted by Gasteiger charge is -2.33. The molecule has 1 aliphatic heterocycles. The van der Waals surface area contributed by atoms with Crippen LogP contribution in [0.3, 0.4) is 0 Å². The van der Waals surface area contributed by atoms with Crippen molar-refractivity contribution in [2.45, 2.75) is 25.9 Å². The molecular weight excluding hydrogens is 302 g/mol. The Bertz CT molecular complexity index is 696. The molecule has 0 saturated heterocycles. The summed E-state index contributed by atoms with van der Waals surface area (Å²) in [6.07, 6.45) is 1.27. The molecule has 0 radical (unpaired) electrons. The predicted molar refractivity (Wildman–Crippen MR) is 94.5 cm³/mol. The first-order valence-electron chi connectivity index (χ1n) is 8.36. The van der Waals surface area contributed by atoms with E-state index in [0.29, 0.717) is 19.6 Å². The summed E-state index contributed by atoms with van der Waals surface area (Å²) in [7, 11) is 1.72. The Morgan fingerprint density at radius 2 is 1.92 bits per heavy atom. The zero-order valence-corrected chi connectivity index (χ0v) is 14.2. The van der Waals surface area contributed by atoms with Gasteiger partial charge in [-0.15, -0.1) is 0 Å². The highest BCUT2D eigenvalue weighted by Crippen LogP contribution is 2.35. The summed E-state index contributed by atoms with van der Waals surface area (Å²) in [5.41, 5.74) is 3.05. The van der Waals surface area contributed by atoms with Crippen LogP contribution in [-0.4, -0.2) is 26.2 Å². The van der Waals surface area contributed by atoms with Gasteiger partial charge in [0.05, 0.1) is 19.1 Å². The summed E-state index contributed by atoms with van der Waals surface area (Å²) in [6.45, 7) is 3.29. The van der Waals surface area contributed by atoms with Crippen LogP contribution in [0.4, 0.5) is 5.69 Å². The standard InChI is InChI=1S/C20H23NO3/c1-3-24-16-10-8-15(9-11-16)14-20(22)21-13-12-19(23-2)17-6-4-5-7-18(17)21/h4-11,19H,3,12-14H2,1-2H3. The molecule has 1 atom stereocenters. The Kier molecular flexibility index (Phi) is 5.16. The van der Waals surface area contributed by atoms with Gasteiger partial charge in [-0.2, -0.15) is 0 Å². The smallest absolute Gasteiger partial charge is 0.231 e. The molecule has 0 fully saturated rings. The van der Waals surface area contributed by atoms with Crippen LogP contribution in [0.25, 0.3) is 0 Å². The molecule has 4 nitrogen and oxygen atoms in total. The van der Waals surface area contributed by atoms with Crippen molar-refractivity contribution >= 4 is 11.6 Å². The minimum Gasteiger partial charge on any atom is -0.494 e. The molecule has 1 amide bonds. The maximum absolute atomic E-state index is 12.8. The van der Waals surface area contributed by atoms with Crippen molar-refractivity contribution in [2.75, 3.05) is 25.2 Å². The predicted octanol–water partition coefficient (Wildman–Crippen LogP) is 3.75. The van der Waals surface area contributed by atoms with Crippen molar-refractivity contribution in [3.63, 3.8) is 0 Å². The number of rotatable bonds is 5. The normalized spacial score (nSPS) is 16.6. The number of ether oxygens (including phenoxy) is 2. The number of amides is 1. The third kappa shape index (κ3) is 3.44. The van der Waals surface area contributed by atoms with Gasteiger partial charge in [0.25, 0.3) is 0 Å². The number of carbonyl (C=O) groups excluding carboxylic acids is 1. The third-order valence-electron chi connectivity index (χ3n) is 4.36. The van der Waals surface area contributed by atoms with Gasteiger partial charge in [-0.3, -0.25) is 4.79 Å². The van der Waals surface area contributed by atoms with Gasteiger partial charge >= 0.3 is 0 Å². The quantitative estimate of drug-likeness (QED) is 0.840. The van der Waals surface area contributed by atoms with Crippen LogP contribution in [0.15, 0.2) is 48.5 Å². The fourth-order valence-corrected chi connectivity index (χ4v) is 3.17. The number of para-hydroxylation sites is 1. The van der Waals surface area contributed by atoms with Crippen LogP contribution in [0.5, 0.6) is 5.75 Å². The first-order valence-corrected chi connectivity index (χ1v) is 8.36. The van der Waals surface area contributed by atoms with E-state index in [-0.39, 0.29) is 12.0 Å². The minimum absolute atomic E-state index is 0.0655. The summed E-state index contributed by atoms with van der Waals surface area (Å²) < 4.78 is 11.0. The number of nitrogens with zero attached hydrogens (tertiary/aromatic N) is 1. The average molecular weight is 325 g/mol. The van der Waals surface area contributed by atoms with Gasteiger partial charge in [0.15, 0.2) is 0 Å². The van der Waals surface area contributed by atoms with Crippen LogP contribution in [-0.2, 0) is 16.0 Å². The van der Waals surface area contributed by atoms with E-state index in [1.807, 2.05) is 60.4 Å². The molecule has 1 heterocycles. The van der Waals surface area contributed by atoms with Crippen molar-refractivity contribution in [1.82, 2.24) is 0 Å². The number of benzene rings is 2. The van der Waals surface area contributed by atoms with E-state index in [4.69, 9.17) is 9.47 Å². The number of methoxy groups -OCH3 is 1. The molecule has 0 aromatic heterocycles. The molecule has 0 N–H and O–H groups in total. The molecule has 126 valence electrons. The highest BCUT2D eigenvalue weighted by Gasteiger charge is 2.28. The van der Waals surface area contributed by atoms with Crippen molar-refractivity contribution in [3.8, 4) is 5.75 Å². The molecule has 2 aromatic rings. The molecule has 0 saturated carbocycles. The van der Waals surface area contributed by atoms with Crippen LogP contribution in [0.1, 0.15) is 30.6 Å². The zero-order valence-electron chi connectivity index (χ0n) is 14.2. The molecule has 3 rings (SSSR count). The molecule has 4 heteroatoms. The monoisotopic (exact) mass is 325 g/mol. The second kappa shape index (κ2) is 7.49. The molecular formula is C20H23NO3. The highest BCUT2D eigenvalue weighted by atomic mass is 16.5. The fraction of sp³-hybridized carbons (Fsp3) is 0.350. The molecule has 0 spiro atoms. The molecule has 1 aliphatic rings. The lowest BCUT2D eigenvalue weighted by atomic mass is 9.98. The van der Waals surface area contributed by atoms with Gasteiger partial charge in [-0.25, -0.2) is 0 Å². The summed E-state index contributed by atoms with van der Waals surface area (Å²) in [6, 6.07) is 15.7. The zero-order chi connectivity index (χ0) is 16.9.